The van der Waals surface area contributed by atoms with E-state index < -0.39 is 11.9 Å². The molecule has 0 amide bonds. The Morgan fingerprint density at radius 1 is 0.559 bits per heavy atom. The molecule has 3 aromatic rings. The summed E-state index contributed by atoms with van der Waals surface area (Å²) in [6, 6.07) is 11.5. The first-order valence-electron chi connectivity index (χ1n) is 11.1. The Morgan fingerprint density at radius 3 is 1.12 bits per heavy atom. The van der Waals surface area contributed by atoms with Crippen molar-refractivity contribution in [1.82, 2.24) is 0 Å². The molecule has 6 nitrogen and oxygen atoms in total. The van der Waals surface area contributed by atoms with E-state index >= 15 is 0 Å². The summed E-state index contributed by atoms with van der Waals surface area (Å²) in [5.41, 5.74) is 9.69. The van der Waals surface area contributed by atoms with Gasteiger partial charge in [0.1, 0.15) is 0 Å². The minimum absolute atomic E-state index is 0.305. The van der Waals surface area contributed by atoms with Crippen LogP contribution in [0.3, 0.4) is 0 Å². The van der Waals surface area contributed by atoms with Gasteiger partial charge in [-0.2, -0.15) is 0 Å². The van der Waals surface area contributed by atoms with Crippen molar-refractivity contribution in [3.05, 3.63) is 80.9 Å². The van der Waals surface area contributed by atoms with Gasteiger partial charge in [-0.15, -0.1) is 0 Å². The molecule has 0 aliphatic heterocycles. The third-order valence-electron chi connectivity index (χ3n) is 5.84. The van der Waals surface area contributed by atoms with Gasteiger partial charge in [-0.1, -0.05) is 35.4 Å². The van der Waals surface area contributed by atoms with Crippen LogP contribution in [0.4, 0.5) is 22.7 Å². The van der Waals surface area contributed by atoms with Gasteiger partial charge < -0.3 is 20.1 Å². The van der Waals surface area contributed by atoms with E-state index in [1.165, 1.54) is 14.2 Å². The summed E-state index contributed by atoms with van der Waals surface area (Å²) in [7, 11) is 2.67. The smallest absolute Gasteiger partial charge is 0.340 e. The molecular formula is C28H32N2O4. The zero-order chi connectivity index (χ0) is 25.2. The van der Waals surface area contributed by atoms with Gasteiger partial charge in [0.2, 0.25) is 0 Å². The van der Waals surface area contributed by atoms with Crippen LogP contribution in [0.15, 0.2) is 36.4 Å². The first-order valence-corrected chi connectivity index (χ1v) is 11.1. The van der Waals surface area contributed by atoms with Crippen LogP contribution >= 0.6 is 0 Å². The molecule has 178 valence electrons. The lowest BCUT2D eigenvalue weighted by molar-refractivity contribution is 0.0588. The van der Waals surface area contributed by atoms with Crippen molar-refractivity contribution < 1.29 is 19.1 Å². The summed E-state index contributed by atoms with van der Waals surface area (Å²) in [6.45, 7) is 12.1. The molecule has 0 unspecified atom stereocenters. The highest BCUT2D eigenvalue weighted by Crippen LogP contribution is 2.35. The second-order valence-electron chi connectivity index (χ2n) is 8.72. The number of esters is 2. The maximum atomic E-state index is 12.8. The molecule has 0 atom stereocenters. The molecule has 34 heavy (non-hydrogen) atoms. The van der Waals surface area contributed by atoms with Crippen LogP contribution in [0.2, 0.25) is 0 Å². The van der Waals surface area contributed by atoms with E-state index in [0.717, 1.165) is 44.8 Å². The zero-order valence-electron chi connectivity index (χ0n) is 21.1. The number of carbonyl (C=O) groups excluding carboxylic acids is 2. The van der Waals surface area contributed by atoms with Gasteiger partial charge in [0.25, 0.3) is 0 Å². The summed E-state index contributed by atoms with van der Waals surface area (Å²) in [5, 5.41) is 6.71. The Balaban J connectivity index is 2.21. The van der Waals surface area contributed by atoms with E-state index in [1.54, 1.807) is 12.1 Å². The number of rotatable bonds is 6. The maximum absolute atomic E-state index is 12.8. The zero-order valence-corrected chi connectivity index (χ0v) is 21.1. The number of benzene rings is 3. The van der Waals surface area contributed by atoms with E-state index in [2.05, 4.69) is 34.9 Å². The van der Waals surface area contributed by atoms with E-state index in [1.807, 2.05) is 41.5 Å². The molecule has 0 fully saturated rings. The predicted octanol–water partition coefficient (Wildman–Crippen LogP) is 6.60. The van der Waals surface area contributed by atoms with Gasteiger partial charge in [-0.25, -0.2) is 9.59 Å². The molecule has 0 heterocycles. The predicted molar refractivity (Wildman–Crippen MR) is 137 cm³/mol. The number of ether oxygens (including phenoxy) is 2. The number of nitrogens with one attached hydrogen (secondary N) is 2. The Labute approximate surface area is 201 Å². The van der Waals surface area contributed by atoms with Crippen molar-refractivity contribution in [2.45, 2.75) is 41.5 Å². The Kier molecular flexibility index (Phi) is 7.30. The van der Waals surface area contributed by atoms with Crippen LogP contribution in [0.1, 0.15) is 54.1 Å². The molecule has 0 aliphatic rings. The van der Waals surface area contributed by atoms with Crippen molar-refractivity contribution >= 4 is 34.7 Å². The topological polar surface area (TPSA) is 76.7 Å². The number of aryl methyl sites for hydroxylation is 6. The highest BCUT2D eigenvalue weighted by Gasteiger charge is 2.22. The molecule has 0 saturated heterocycles. The molecule has 0 saturated carbocycles. The molecular weight excluding hydrogens is 428 g/mol. The molecule has 0 aliphatic carbocycles. The van der Waals surface area contributed by atoms with E-state index in [4.69, 9.17) is 9.47 Å². The van der Waals surface area contributed by atoms with E-state index in [0.29, 0.717) is 22.5 Å². The second-order valence-corrected chi connectivity index (χ2v) is 8.72. The lowest BCUT2D eigenvalue weighted by atomic mass is 10.0. The first-order chi connectivity index (χ1) is 16.0. The molecule has 0 spiro atoms. The van der Waals surface area contributed by atoms with Gasteiger partial charge in [0.15, 0.2) is 0 Å². The average molecular weight is 461 g/mol. The molecule has 6 heteroatoms. The monoisotopic (exact) mass is 460 g/mol. The van der Waals surface area contributed by atoms with Crippen LogP contribution in [-0.4, -0.2) is 26.2 Å². The van der Waals surface area contributed by atoms with Gasteiger partial charge in [0, 0.05) is 11.4 Å². The number of carbonyl (C=O) groups is 2. The van der Waals surface area contributed by atoms with E-state index in [9.17, 15) is 9.59 Å². The minimum Gasteiger partial charge on any atom is -0.465 e. The summed E-state index contributed by atoms with van der Waals surface area (Å²) >= 11 is 0. The second kappa shape index (κ2) is 10.00. The van der Waals surface area contributed by atoms with Crippen molar-refractivity contribution in [2.24, 2.45) is 0 Å². The van der Waals surface area contributed by atoms with E-state index in [-0.39, 0.29) is 0 Å². The fraction of sp³-hybridized carbons (Fsp3) is 0.286. The Bertz CT molecular complexity index is 1130. The molecule has 0 bridgehead atoms. The average Bonchev–Trinajstić information content (AvgIpc) is 2.77. The third kappa shape index (κ3) is 5.06. The number of hydrogen-bond donors (Lipinski definition) is 2. The lowest BCUT2D eigenvalue weighted by Crippen LogP contribution is -2.13. The van der Waals surface area contributed by atoms with Gasteiger partial charge in [0.05, 0.1) is 36.7 Å². The summed E-state index contributed by atoms with van der Waals surface area (Å²) < 4.78 is 10.1. The maximum Gasteiger partial charge on any atom is 0.340 e. The highest BCUT2D eigenvalue weighted by molar-refractivity contribution is 6.04. The molecule has 0 aromatic heterocycles. The van der Waals surface area contributed by atoms with Gasteiger partial charge in [-0.05, 0) is 75.9 Å². The summed E-state index contributed by atoms with van der Waals surface area (Å²) in [5.74, 6) is -1.02. The Hall–Kier alpha value is -3.80. The fourth-order valence-corrected chi connectivity index (χ4v) is 4.39. The van der Waals surface area contributed by atoms with Crippen molar-refractivity contribution in [2.75, 3.05) is 24.9 Å². The summed E-state index contributed by atoms with van der Waals surface area (Å²) in [4.78, 5) is 25.6. The van der Waals surface area contributed by atoms with Gasteiger partial charge >= 0.3 is 11.9 Å². The quantitative estimate of drug-likeness (QED) is 0.404. The lowest BCUT2D eigenvalue weighted by Gasteiger charge is -2.20. The van der Waals surface area contributed by atoms with Gasteiger partial charge in [-0.3, -0.25) is 0 Å². The number of hydrogen-bond acceptors (Lipinski definition) is 6. The fourth-order valence-electron chi connectivity index (χ4n) is 4.39. The first kappa shape index (κ1) is 24.8. The van der Waals surface area contributed by atoms with Crippen LogP contribution in [0, 0.1) is 41.5 Å². The largest absolute Gasteiger partial charge is 0.465 e. The third-order valence-corrected chi connectivity index (χ3v) is 5.84. The van der Waals surface area contributed by atoms with Crippen LogP contribution in [-0.2, 0) is 9.47 Å². The Morgan fingerprint density at radius 2 is 0.853 bits per heavy atom. The molecule has 3 aromatic carbocycles. The van der Waals surface area contributed by atoms with Crippen molar-refractivity contribution in [3.63, 3.8) is 0 Å². The van der Waals surface area contributed by atoms with Crippen LogP contribution in [0.5, 0.6) is 0 Å². The van der Waals surface area contributed by atoms with Crippen molar-refractivity contribution in [3.8, 4) is 0 Å². The normalized spacial score (nSPS) is 10.6. The molecule has 2 N–H and O–H groups in total. The highest BCUT2D eigenvalue weighted by atomic mass is 16.5. The minimum atomic E-state index is -0.512. The standard InChI is InChI=1S/C28H32N2O4/c1-15-9-17(3)25(18(4)10-15)29-23-13-22(28(32)34-8)24(14-21(23)27(31)33-7)30-26-19(5)11-16(2)12-20(26)6/h9-14,29-30H,1-8H3. The van der Waals surface area contributed by atoms with Crippen molar-refractivity contribution in [1.29, 1.82) is 0 Å². The van der Waals surface area contributed by atoms with Crippen LogP contribution < -0.4 is 10.6 Å². The number of methoxy groups -OCH3 is 2. The van der Waals surface area contributed by atoms with Crippen LogP contribution in [0.25, 0.3) is 0 Å². The number of anilines is 4. The summed E-state index contributed by atoms with van der Waals surface area (Å²) in [6.07, 6.45) is 0. The SMILES string of the molecule is COC(=O)c1cc(Nc2c(C)cc(C)cc2C)c(C(=O)OC)cc1Nc1c(C)cc(C)cc1C. The molecule has 3 rings (SSSR count). The molecule has 0 radical (unpaired) electrons.